The second-order valence-electron chi connectivity index (χ2n) is 5.54. The number of nitrogens with zero attached hydrogens (tertiary/aromatic N) is 2. The van der Waals surface area contributed by atoms with Crippen LogP contribution in [0.15, 0.2) is 53.4 Å². The number of ether oxygens (including phenoxy) is 1. The Morgan fingerprint density at radius 1 is 1.30 bits per heavy atom. The van der Waals surface area contributed by atoms with Crippen LogP contribution in [0.5, 0.6) is 0 Å². The van der Waals surface area contributed by atoms with Gasteiger partial charge in [0.25, 0.3) is 0 Å². The molecule has 0 spiro atoms. The van der Waals surface area contributed by atoms with Gasteiger partial charge in [0, 0.05) is 17.3 Å². The van der Waals surface area contributed by atoms with Gasteiger partial charge in [-0.05, 0) is 42.1 Å². The summed E-state index contributed by atoms with van der Waals surface area (Å²) in [6, 6.07) is 13.1. The Hall–Kier alpha value is -2.95. The molecule has 27 heavy (non-hydrogen) atoms. The maximum absolute atomic E-state index is 11.8. The number of carbonyl (C=O) groups is 1. The summed E-state index contributed by atoms with van der Waals surface area (Å²) in [5.74, 6) is -0.333. The number of aromatic nitrogens is 1. The number of nitriles is 1. The lowest BCUT2D eigenvalue weighted by Crippen LogP contribution is -2.05. The van der Waals surface area contributed by atoms with E-state index in [-0.39, 0.29) is 5.97 Å². The second kappa shape index (κ2) is 9.12. The highest BCUT2D eigenvalue weighted by molar-refractivity contribution is 7.14. The average molecular weight is 396 g/mol. The van der Waals surface area contributed by atoms with Crippen molar-refractivity contribution in [1.82, 2.24) is 4.98 Å². The standard InChI is InChI=1S/C20H17N3O2S2/c1-2-9-25-20(24)14-5-7-16(8-6-14)22-12-15(11-21)19-23-17(13-27-19)18-4-3-10-26-18/h3-8,10,12-13,22H,2,9H2,1H3/b15-12+. The van der Waals surface area contributed by atoms with Crippen LogP contribution in [0.25, 0.3) is 16.1 Å². The highest BCUT2D eigenvalue weighted by Gasteiger charge is 2.10. The molecule has 3 rings (SSSR count). The number of anilines is 1. The number of thiophene rings is 1. The fourth-order valence-electron chi connectivity index (χ4n) is 2.21. The Labute approximate surface area is 165 Å². The molecule has 1 N–H and O–H groups in total. The average Bonchev–Trinajstić information content (AvgIpc) is 3.39. The number of rotatable bonds is 7. The normalized spacial score (nSPS) is 11.0. The lowest BCUT2D eigenvalue weighted by molar-refractivity contribution is 0.0505. The van der Waals surface area contributed by atoms with E-state index in [4.69, 9.17) is 4.74 Å². The van der Waals surface area contributed by atoms with Gasteiger partial charge in [0.15, 0.2) is 0 Å². The first-order valence-corrected chi connectivity index (χ1v) is 10.1. The molecule has 136 valence electrons. The number of carbonyl (C=O) groups excluding carboxylic acids is 1. The molecule has 0 aliphatic carbocycles. The number of esters is 1. The van der Waals surface area contributed by atoms with Crippen molar-refractivity contribution < 1.29 is 9.53 Å². The molecule has 7 heteroatoms. The first-order valence-electron chi connectivity index (χ1n) is 8.35. The third kappa shape index (κ3) is 4.82. The lowest BCUT2D eigenvalue weighted by Gasteiger charge is -2.05. The van der Waals surface area contributed by atoms with E-state index in [2.05, 4.69) is 16.4 Å². The van der Waals surface area contributed by atoms with Gasteiger partial charge < -0.3 is 10.1 Å². The summed E-state index contributed by atoms with van der Waals surface area (Å²) in [6.45, 7) is 2.36. The van der Waals surface area contributed by atoms with Gasteiger partial charge >= 0.3 is 5.97 Å². The van der Waals surface area contributed by atoms with Crippen LogP contribution in [0.3, 0.4) is 0 Å². The molecule has 0 amide bonds. The van der Waals surface area contributed by atoms with Gasteiger partial charge in [-0.3, -0.25) is 0 Å². The smallest absolute Gasteiger partial charge is 0.338 e. The summed E-state index contributed by atoms with van der Waals surface area (Å²) >= 11 is 3.05. The first-order chi connectivity index (χ1) is 13.2. The zero-order valence-corrected chi connectivity index (χ0v) is 16.3. The molecule has 0 bridgehead atoms. The largest absolute Gasteiger partial charge is 0.462 e. The number of nitrogens with one attached hydrogen (secondary N) is 1. The molecular formula is C20H17N3O2S2. The summed E-state index contributed by atoms with van der Waals surface area (Å²) < 4.78 is 5.10. The zero-order valence-electron chi connectivity index (χ0n) is 14.6. The minimum absolute atomic E-state index is 0.333. The van der Waals surface area contributed by atoms with Gasteiger partial charge in [0.2, 0.25) is 0 Å². The molecule has 0 saturated heterocycles. The van der Waals surface area contributed by atoms with Crippen molar-refractivity contribution in [1.29, 1.82) is 5.26 Å². The molecule has 2 heterocycles. The number of benzene rings is 1. The summed E-state index contributed by atoms with van der Waals surface area (Å²) in [5.41, 5.74) is 2.60. The van der Waals surface area contributed by atoms with Gasteiger partial charge in [0.1, 0.15) is 16.6 Å². The Kier molecular flexibility index (Phi) is 6.36. The Bertz CT molecular complexity index is 968. The molecule has 0 fully saturated rings. The second-order valence-corrected chi connectivity index (χ2v) is 7.35. The van der Waals surface area contributed by atoms with Crippen LogP contribution in [0.2, 0.25) is 0 Å². The Morgan fingerprint density at radius 2 is 2.11 bits per heavy atom. The van der Waals surface area contributed by atoms with Crippen molar-refractivity contribution >= 4 is 39.9 Å². The molecule has 0 saturated carbocycles. The van der Waals surface area contributed by atoms with Crippen molar-refractivity contribution in [2.24, 2.45) is 0 Å². The van der Waals surface area contributed by atoms with Crippen molar-refractivity contribution in [2.75, 3.05) is 11.9 Å². The summed E-state index contributed by atoms with van der Waals surface area (Å²) in [7, 11) is 0. The monoisotopic (exact) mass is 395 g/mol. The minimum Gasteiger partial charge on any atom is -0.462 e. The summed E-state index contributed by atoms with van der Waals surface area (Å²) in [5, 5.41) is 17.1. The Balaban J connectivity index is 1.68. The zero-order chi connectivity index (χ0) is 19.1. The fraction of sp³-hybridized carbons (Fsp3) is 0.150. The summed E-state index contributed by atoms with van der Waals surface area (Å²) in [6.07, 6.45) is 2.42. The van der Waals surface area contributed by atoms with Crippen LogP contribution in [0.4, 0.5) is 5.69 Å². The van der Waals surface area contributed by atoms with E-state index < -0.39 is 0 Å². The van der Waals surface area contributed by atoms with Gasteiger partial charge in [-0.15, -0.1) is 22.7 Å². The molecule has 0 atom stereocenters. The highest BCUT2D eigenvalue weighted by Crippen LogP contribution is 2.28. The van der Waals surface area contributed by atoms with Crippen molar-refractivity contribution in [3.05, 3.63) is 63.9 Å². The summed E-state index contributed by atoms with van der Waals surface area (Å²) in [4.78, 5) is 17.4. The van der Waals surface area contributed by atoms with E-state index in [9.17, 15) is 10.1 Å². The molecule has 3 aromatic rings. The molecule has 1 aromatic carbocycles. The Morgan fingerprint density at radius 3 is 2.78 bits per heavy atom. The van der Waals surface area contributed by atoms with E-state index in [0.29, 0.717) is 22.8 Å². The first kappa shape index (κ1) is 18.8. The number of hydrogen-bond donors (Lipinski definition) is 1. The number of hydrogen-bond acceptors (Lipinski definition) is 7. The van der Waals surface area contributed by atoms with E-state index in [0.717, 1.165) is 22.7 Å². The molecule has 2 aromatic heterocycles. The lowest BCUT2D eigenvalue weighted by atomic mass is 10.2. The quantitative estimate of drug-likeness (QED) is 0.427. The third-order valence-electron chi connectivity index (χ3n) is 3.57. The van der Waals surface area contributed by atoms with E-state index in [1.807, 2.05) is 29.8 Å². The van der Waals surface area contributed by atoms with E-state index >= 15 is 0 Å². The maximum atomic E-state index is 11.8. The highest BCUT2D eigenvalue weighted by atomic mass is 32.1. The maximum Gasteiger partial charge on any atom is 0.338 e. The van der Waals surface area contributed by atoms with Crippen LogP contribution < -0.4 is 5.32 Å². The van der Waals surface area contributed by atoms with Gasteiger partial charge in [0.05, 0.1) is 22.7 Å². The van der Waals surface area contributed by atoms with Gasteiger partial charge in [-0.2, -0.15) is 5.26 Å². The molecule has 0 aliphatic rings. The third-order valence-corrected chi connectivity index (χ3v) is 5.34. The minimum atomic E-state index is -0.333. The number of allylic oxidation sites excluding steroid dienone is 1. The number of thiazole rings is 1. The van der Waals surface area contributed by atoms with Crippen LogP contribution >= 0.6 is 22.7 Å². The predicted molar refractivity (Wildman–Crippen MR) is 110 cm³/mol. The van der Waals surface area contributed by atoms with Crippen molar-refractivity contribution in [3.8, 4) is 16.6 Å². The topological polar surface area (TPSA) is 75.0 Å². The van der Waals surface area contributed by atoms with Gasteiger partial charge in [-0.25, -0.2) is 9.78 Å². The predicted octanol–water partition coefficient (Wildman–Crippen LogP) is 5.41. The molecule has 0 radical (unpaired) electrons. The van der Waals surface area contributed by atoms with E-state index in [1.165, 1.54) is 11.3 Å². The fourth-order valence-corrected chi connectivity index (χ4v) is 3.76. The van der Waals surface area contributed by atoms with Gasteiger partial charge in [-0.1, -0.05) is 13.0 Å². The molecule has 0 aliphatic heterocycles. The van der Waals surface area contributed by atoms with Crippen LogP contribution in [0, 0.1) is 11.3 Å². The van der Waals surface area contributed by atoms with Crippen LogP contribution in [0.1, 0.15) is 28.7 Å². The van der Waals surface area contributed by atoms with E-state index in [1.54, 1.807) is 41.8 Å². The molecule has 5 nitrogen and oxygen atoms in total. The van der Waals surface area contributed by atoms with Crippen LogP contribution in [-0.4, -0.2) is 17.6 Å². The molecular weight excluding hydrogens is 378 g/mol. The SMILES string of the molecule is CCCOC(=O)c1ccc(N/C=C(\C#N)c2nc(-c3cccs3)cs2)cc1. The van der Waals surface area contributed by atoms with Crippen molar-refractivity contribution in [2.45, 2.75) is 13.3 Å². The molecule has 0 unspecified atom stereocenters. The van der Waals surface area contributed by atoms with Crippen molar-refractivity contribution in [3.63, 3.8) is 0 Å². The van der Waals surface area contributed by atoms with Crippen LogP contribution in [-0.2, 0) is 4.74 Å².